The lowest BCUT2D eigenvalue weighted by Crippen LogP contribution is -2.46. The zero-order chi connectivity index (χ0) is 20.8. The number of nitrogens with two attached hydrogens (primary N) is 1. The van der Waals surface area contributed by atoms with Gasteiger partial charge in [0.05, 0.1) is 17.2 Å². The van der Waals surface area contributed by atoms with E-state index < -0.39 is 30.0 Å². The number of nitrogens with zero attached hydrogens (tertiary/aromatic N) is 3. The predicted molar refractivity (Wildman–Crippen MR) is 102 cm³/mol. The van der Waals surface area contributed by atoms with Gasteiger partial charge in [-0.15, -0.1) is 0 Å². The van der Waals surface area contributed by atoms with Crippen LogP contribution in [0.1, 0.15) is 17.0 Å². The van der Waals surface area contributed by atoms with Crippen LogP contribution in [0, 0.1) is 24.2 Å². The van der Waals surface area contributed by atoms with E-state index in [1.165, 1.54) is 5.01 Å². The molecule has 0 saturated carbocycles. The number of hydrogen-bond donors (Lipinski definition) is 1. The molecule has 2 heterocycles. The molecule has 2 aromatic carbocycles. The fourth-order valence-corrected chi connectivity index (χ4v) is 3.80. The lowest BCUT2D eigenvalue weighted by atomic mass is 9.76. The van der Waals surface area contributed by atoms with Gasteiger partial charge in [-0.05, 0) is 24.6 Å². The molecule has 8 heteroatoms. The van der Waals surface area contributed by atoms with E-state index in [9.17, 15) is 18.4 Å². The quantitative estimate of drug-likeness (QED) is 0.823. The summed E-state index contributed by atoms with van der Waals surface area (Å²) in [5.74, 6) is -2.34. The van der Waals surface area contributed by atoms with Crippen LogP contribution in [0.5, 0.6) is 0 Å². The number of benzene rings is 2. The second kappa shape index (κ2) is 6.85. The molecule has 148 valence electrons. The molecule has 0 aromatic heterocycles. The molecule has 0 unspecified atom stereocenters. The Balaban J connectivity index is 1.90. The van der Waals surface area contributed by atoms with Crippen LogP contribution in [0.2, 0.25) is 0 Å². The van der Waals surface area contributed by atoms with Crippen molar-refractivity contribution in [3.05, 3.63) is 77.2 Å². The highest BCUT2D eigenvalue weighted by Gasteiger charge is 2.57. The summed E-state index contributed by atoms with van der Waals surface area (Å²) >= 11 is 0. The van der Waals surface area contributed by atoms with Crippen molar-refractivity contribution in [1.29, 1.82) is 5.26 Å². The Morgan fingerprint density at radius 1 is 1.10 bits per heavy atom. The van der Waals surface area contributed by atoms with Gasteiger partial charge in [0.1, 0.15) is 6.07 Å². The third kappa shape index (κ3) is 3.18. The van der Waals surface area contributed by atoms with Gasteiger partial charge in [-0.25, -0.2) is 5.01 Å². The minimum atomic E-state index is -4.69. The molecule has 2 aromatic rings. The van der Waals surface area contributed by atoms with Crippen molar-refractivity contribution in [2.24, 2.45) is 16.8 Å². The van der Waals surface area contributed by atoms with Crippen molar-refractivity contribution in [2.45, 2.75) is 25.2 Å². The van der Waals surface area contributed by atoms with Crippen LogP contribution < -0.4 is 10.7 Å². The summed E-state index contributed by atoms with van der Waals surface area (Å²) in [6.07, 6.45) is -5.80. The number of allylic oxidation sites excluding steroid dienone is 1. The summed E-state index contributed by atoms with van der Waals surface area (Å²) in [5, 5.41) is 14.7. The van der Waals surface area contributed by atoms with Crippen molar-refractivity contribution in [3.8, 4) is 6.07 Å². The van der Waals surface area contributed by atoms with Crippen molar-refractivity contribution < 1.29 is 17.9 Å². The Bertz CT molecular complexity index is 1020. The number of aryl methyl sites for hydroxylation is 1. The van der Waals surface area contributed by atoms with Crippen molar-refractivity contribution >= 4 is 11.4 Å². The molecular weight excluding hydrogens is 381 g/mol. The molecule has 0 fully saturated rings. The fourth-order valence-electron chi connectivity index (χ4n) is 3.80. The first-order valence-electron chi connectivity index (χ1n) is 8.94. The van der Waals surface area contributed by atoms with E-state index >= 15 is 0 Å². The molecule has 0 saturated heterocycles. The topological polar surface area (TPSA) is 74.6 Å². The average Bonchev–Trinajstić information content (AvgIpc) is 3.08. The van der Waals surface area contributed by atoms with Gasteiger partial charge in [-0.2, -0.15) is 23.5 Å². The standard InChI is InChI=1S/C21H17F3N4O/c1-12-7-9-13(10-8-12)16-15(11-25)19(26)29-20-17(16)18(21(22,23)24)27-28(20)14-5-3-2-4-6-14/h2-10,16-17,20H,26H2,1H3/t16-,17-,20-/m1/s1. The smallest absolute Gasteiger partial charge is 0.431 e. The first kappa shape index (κ1) is 18.9. The Kier molecular flexibility index (Phi) is 4.46. The number of hydrogen-bond acceptors (Lipinski definition) is 5. The normalized spacial score (nSPS) is 23.9. The van der Waals surface area contributed by atoms with Gasteiger partial charge in [-0.1, -0.05) is 48.0 Å². The highest BCUT2D eigenvalue weighted by Crippen LogP contribution is 2.48. The molecule has 3 atom stereocenters. The van der Waals surface area contributed by atoms with E-state index in [0.717, 1.165) is 5.56 Å². The Morgan fingerprint density at radius 3 is 2.34 bits per heavy atom. The SMILES string of the molecule is Cc1ccc([C@@H]2C(C#N)=C(N)O[C@@H]3[C@H]2C(C(F)(F)F)=NN3c2ccccc2)cc1. The average molecular weight is 398 g/mol. The number of ether oxygens (including phenoxy) is 1. The highest BCUT2D eigenvalue weighted by atomic mass is 19.4. The Hall–Kier alpha value is -3.47. The van der Waals surface area contributed by atoms with Gasteiger partial charge in [0.25, 0.3) is 0 Å². The summed E-state index contributed by atoms with van der Waals surface area (Å²) in [7, 11) is 0. The molecule has 2 aliphatic rings. The number of rotatable bonds is 2. The van der Waals surface area contributed by atoms with Gasteiger partial charge < -0.3 is 10.5 Å². The minimum absolute atomic E-state index is 0.0260. The van der Waals surface area contributed by atoms with Crippen molar-refractivity contribution in [2.75, 3.05) is 5.01 Å². The van der Waals surface area contributed by atoms with E-state index in [1.54, 1.807) is 54.6 Å². The molecule has 0 aliphatic carbocycles. The molecule has 0 spiro atoms. The zero-order valence-corrected chi connectivity index (χ0v) is 15.4. The maximum atomic E-state index is 14.0. The number of para-hydroxylation sites is 1. The molecule has 2 aliphatic heterocycles. The lowest BCUT2D eigenvalue weighted by molar-refractivity contribution is -0.0658. The van der Waals surface area contributed by atoms with Crippen LogP contribution in [0.3, 0.4) is 0 Å². The van der Waals surface area contributed by atoms with Crippen LogP contribution in [0.15, 0.2) is 71.2 Å². The Labute approximate surface area is 165 Å². The first-order chi connectivity index (χ1) is 13.8. The van der Waals surface area contributed by atoms with Gasteiger partial charge >= 0.3 is 6.18 Å². The largest absolute Gasteiger partial charge is 0.452 e. The second-order valence-electron chi connectivity index (χ2n) is 6.98. The zero-order valence-electron chi connectivity index (χ0n) is 15.4. The summed E-state index contributed by atoms with van der Waals surface area (Å²) in [6.45, 7) is 1.88. The third-order valence-electron chi connectivity index (χ3n) is 5.13. The molecule has 2 N–H and O–H groups in total. The Morgan fingerprint density at radius 2 is 1.76 bits per heavy atom. The molecule has 0 radical (unpaired) electrons. The molecule has 0 bridgehead atoms. The summed E-state index contributed by atoms with van der Waals surface area (Å²) in [5.41, 5.74) is 6.91. The number of alkyl halides is 3. The maximum absolute atomic E-state index is 14.0. The van der Waals surface area contributed by atoms with Crippen LogP contribution in [-0.2, 0) is 4.74 Å². The summed E-state index contributed by atoms with van der Waals surface area (Å²) in [6, 6.07) is 17.4. The fraction of sp³-hybridized carbons (Fsp3) is 0.238. The van der Waals surface area contributed by atoms with E-state index in [-0.39, 0.29) is 11.5 Å². The van der Waals surface area contributed by atoms with E-state index in [2.05, 4.69) is 5.10 Å². The van der Waals surface area contributed by atoms with Crippen molar-refractivity contribution in [3.63, 3.8) is 0 Å². The number of nitriles is 1. The summed E-state index contributed by atoms with van der Waals surface area (Å²) < 4.78 is 47.5. The molecule has 5 nitrogen and oxygen atoms in total. The maximum Gasteiger partial charge on any atom is 0.431 e. The van der Waals surface area contributed by atoms with Crippen molar-refractivity contribution in [1.82, 2.24) is 0 Å². The van der Waals surface area contributed by atoms with Gasteiger partial charge in [0.2, 0.25) is 12.1 Å². The van der Waals surface area contributed by atoms with Gasteiger partial charge in [0, 0.05) is 5.92 Å². The lowest BCUT2D eigenvalue weighted by Gasteiger charge is -2.37. The van der Waals surface area contributed by atoms with Crippen LogP contribution >= 0.6 is 0 Å². The molecule has 29 heavy (non-hydrogen) atoms. The highest BCUT2D eigenvalue weighted by molar-refractivity contribution is 5.96. The van der Waals surface area contributed by atoms with Crippen LogP contribution in [0.25, 0.3) is 0 Å². The minimum Gasteiger partial charge on any atom is -0.452 e. The number of fused-ring (bicyclic) bond motifs is 1. The molecule has 4 rings (SSSR count). The molecule has 0 amide bonds. The third-order valence-corrected chi connectivity index (χ3v) is 5.13. The number of anilines is 1. The second-order valence-corrected chi connectivity index (χ2v) is 6.98. The van der Waals surface area contributed by atoms with Crippen LogP contribution in [-0.4, -0.2) is 18.1 Å². The van der Waals surface area contributed by atoms with E-state index in [4.69, 9.17) is 10.5 Å². The number of halogens is 3. The molecular formula is C21H17F3N4O. The van der Waals surface area contributed by atoms with E-state index in [0.29, 0.717) is 11.3 Å². The first-order valence-corrected chi connectivity index (χ1v) is 8.94. The van der Waals surface area contributed by atoms with E-state index in [1.807, 2.05) is 13.0 Å². The summed E-state index contributed by atoms with van der Waals surface area (Å²) in [4.78, 5) is 0. The van der Waals surface area contributed by atoms with Gasteiger partial charge in [-0.3, -0.25) is 0 Å². The van der Waals surface area contributed by atoms with Gasteiger partial charge in [0.15, 0.2) is 5.71 Å². The predicted octanol–water partition coefficient (Wildman–Crippen LogP) is 4.18. The van der Waals surface area contributed by atoms with Crippen LogP contribution in [0.4, 0.5) is 18.9 Å². The monoisotopic (exact) mass is 398 g/mol. The number of hydrazone groups is 1.